The van der Waals surface area contributed by atoms with Crippen molar-refractivity contribution >= 4 is 23.4 Å². The van der Waals surface area contributed by atoms with Gasteiger partial charge in [-0.05, 0) is 49.7 Å². The molecule has 0 heterocycles. The largest absolute Gasteiger partial charge is 0.325 e. The molecule has 0 saturated heterocycles. The van der Waals surface area contributed by atoms with Crippen LogP contribution in [0.25, 0.3) is 0 Å². The highest BCUT2D eigenvalue weighted by Gasteiger charge is 2.06. The minimum Gasteiger partial charge on any atom is -0.325 e. The molecule has 106 valence electrons. The van der Waals surface area contributed by atoms with E-state index in [0.717, 1.165) is 4.90 Å². The highest BCUT2D eigenvalue weighted by atomic mass is 32.2. The summed E-state index contributed by atoms with van der Waals surface area (Å²) in [6.45, 7) is 4.10. The molecule has 0 aliphatic rings. The van der Waals surface area contributed by atoms with E-state index >= 15 is 0 Å². The summed E-state index contributed by atoms with van der Waals surface area (Å²) >= 11 is 1.53. The summed E-state index contributed by atoms with van der Waals surface area (Å²) in [5.74, 6) is 0.314. The second kappa shape index (κ2) is 6.96. The van der Waals surface area contributed by atoms with Crippen molar-refractivity contribution in [2.75, 3.05) is 11.1 Å². The maximum Gasteiger partial charge on any atom is 0.234 e. The molecule has 2 aromatic rings. The first kappa shape index (κ1) is 15.1. The topological polar surface area (TPSA) is 52.9 Å². The van der Waals surface area contributed by atoms with E-state index in [9.17, 15) is 4.79 Å². The Morgan fingerprint density at radius 3 is 2.52 bits per heavy atom. The molecule has 0 fully saturated rings. The maximum atomic E-state index is 11.9. The van der Waals surface area contributed by atoms with Gasteiger partial charge in [0.1, 0.15) is 0 Å². The van der Waals surface area contributed by atoms with Gasteiger partial charge in [0.15, 0.2) is 0 Å². The van der Waals surface area contributed by atoms with Crippen molar-refractivity contribution in [2.45, 2.75) is 18.7 Å². The van der Waals surface area contributed by atoms with Crippen LogP contribution in [0.2, 0.25) is 0 Å². The summed E-state index contributed by atoms with van der Waals surface area (Å²) in [7, 11) is 0. The Labute approximate surface area is 129 Å². The zero-order chi connectivity index (χ0) is 15.2. The minimum atomic E-state index is -0.0512. The number of anilines is 1. The predicted octanol–water partition coefficient (Wildman–Crippen LogP) is 3.91. The fourth-order valence-corrected chi connectivity index (χ4v) is 2.74. The molecule has 2 aromatic carbocycles. The van der Waals surface area contributed by atoms with E-state index in [0.29, 0.717) is 17.0 Å². The minimum absolute atomic E-state index is 0.0512. The smallest absolute Gasteiger partial charge is 0.234 e. The number of thioether (sulfide) groups is 1. The molecular weight excluding hydrogens is 280 g/mol. The lowest BCUT2D eigenvalue weighted by atomic mass is 10.2. The molecule has 21 heavy (non-hydrogen) atoms. The molecule has 0 aliphatic heterocycles. The molecule has 0 spiro atoms. The van der Waals surface area contributed by atoms with Crippen molar-refractivity contribution < 1.29 is 4.79 Å². The van der Waals surface area contributed by atoms with Crippen LogP contribution in [-0.2, 0) is 4.79 Å². The fourth-order valence-electron chi connectivity index (χ4n) is 1.93. The number of rotatable bonds is 4. The van der Waals surface area contributed by atoms with Crippen molar-refractivity contribution in [3.63, 3.8) is 0 Å². The number of carbonyl (C=O) groups excluding carboxylic acids is 1. The SMILES string of the molecule is Cc1ccc(SCC(=O)Nc2ccc(C#N)cc2)c(C)c1. The number of benzene rings is 2. The van der Waals surface area contributed by atoms with Gasteiger partial charge in [-0.2, -0.15) is 5.26 Å². The van der Waals surface area contributed by atoms with Crippen LogP contribution in [0.1, 0.15) is 16.7 Å². The number of carbonyl (C=O) groups is 1. The van der Waals surface area contributed by atoms with Crippen LogP contribution in [0.15, 0.2) is 47.4 Å². The van der Waals surface area contributed by atoms with E-state index in [1.165, 1.54) is 22.9 Å². The Balaban J connectivity index is 1.91. The fraction of sp³-hybridized carbons (Fsp3) is 0.176. The van der Waals surface area contributed by atoms with Gasteiger partial charge in [0.2, 0.25) is 5.91 Å². The lowest BCUT2D eigenvalue weighted by Crippen LogP contribution is -2.14. The average Bonchev–Trinajstić information content (AvgIpc) is 2.47. The van der Waals surface area contributed by atoms with E-state index in [2.05, 4.69) is 18.3 Å². The number of hydrogen-bond donors (Lipinski definition) is 1. The van der Waals surface area contributed by atoms with Gasteiger partial charge in [-0.3, -0.25) is 4.79 Å². The quantitative estimate of drug-likeness (QED) is 0.870. The molecule has 0 atom stereocenters. The normalized spacial score (nSPS) is 9.95. The number of aryl methyl sites for hydroxylation is 2. The molecular formula is C17H16N2OS. The molecule has 0 aliphatic carbocycles. The van der Waals surface area contributed by atoms with Crippen molar-refractivity contribution in [1.29, 1.82) is 5.26 Å². The molecule has 2 rings (SSSR count). The van der Waals surface area contributed by atoms with Crippen LogP contribution in [-0.4, -0.2) is 11.7 Å². The van der Waals surface area contributed by atoms with Gasteiger partial charge in [0.05, 0.1) is 17.4 Å². The highest BCUT2D eigenvalue weighted by molar-refractivity contribution is 8.00. The van der Waals surface area contributed by atoms with Gasteiger partial charge in [0.25, 0.3) is 0 Å². The van der Waals surface area contributed by atoms with Gasteiger partial charge in [-0.25, -0.2) is 0 Å². The van der Waals surface area contributed by atoms with Crippen LogP contribution in [0.5, 0.6) is 0 Å². The lowest BCUT2D eigenvalue weighted by molar-refractivity contribution is -0.113. The Morgan fingerprint density at radius 1 is 1.19 bits per heavy atom. The molecule has 0 saturated carbocycles. The van der Waals surface area contributed by atoms with E-state index < -0.39 is 0 Å². The highest BCUT2D eigenvalue weighted by Crippen LogP contribution is 2.23. The first-order valence-electron chi connectivity index (χ1n) is 6.58. The number of nitrogens with one attached hydrogen (secondary N) is 1. The maximum absolute atomic E-state index is 11.9. The van der Waals surface area contributed by atoms with Gasteiger partial charge in [-0.15, -0.1) is 11.8 Å². The number of amides is 1. The average molecular weight is 296 g/mol. The predicted molar refractivity (Wildman–Crippen MR) is 86.4 cm³/mol. The Morgan fingerprint density at radius 2 is 1.90 bits per heavy atom. The summed E-state index contributed by atoms with van der Waals surface area (Å²) in [4.78, 5) is 13.0. The van der Waals surface area contributed by atoms with Crippen LogP contribution in [0, 0.1) is 25.2 Å². The molecule has 4 heteroatoms. The van der Waals surface area contributed by atoms with E-state index in [1.54, 1.807) is 24.3 Å². The zero-order valence-corrected chi connectivity index (χ0v) is 12.8. The third-order valence-corrected chi connectivity index (χ3v) is 4.16. The van der Waals surface area contributed by atoms with E-state index in [-0.39, 0.29) is 5.91 Å². The summed E-state index contributed by atoms with van der Waals surface area (Å²) in [6.07, 6.45) is 0. The zero-order valence-electron chi connectivity index (χ0n) is 12.0. The summed E-state index contributed by atoms with van der Waals surface area (Å²) in [6, 6.07) is 15.1. The lowest BCUT2D eigenvalue weighted by Gasteiger charge is -2.07. The monoisotopic (exact) mass is 296 g/mol. The third kappa shape index (κ3) is 4.37. The number of nitrogens with zero attached hydrogens (tertiary/aromatic N) is 1. The second-order valence-corrected chi connectivity index (χ2v) is 5.81. The second-order valence-electron chi connectivity index (χ2n) is 4.79. The van der Waals surface area contributed by atoms with Gasteiger partial charge in [0, 0.05) is 10.6 Å². The van der Waals surface area contributed by atoms with Crippen molar-refractivity contribution in [3.8, 4) is 6.07 Å². The van der Waals surface area contributed by atoms with Gasteiger partial charge in [-0.1, -0.05) is 17.7 Å². The summed E-state index contributed by atoms with van der Waals surface area (Å²) in [5, 5.41) is 11.6. The molecule has 1 N–H and O–H groups in total. The van der Waals surface area contributed by atoms with Crippen molar-refractivity contribution in [3.05, 3.63) is 59.2 Å². The molecule has 0 radical (unpaired) electrons. The van der Waals surface area contributed by atoms with Crippen molar-refractivity contribution in [1.82, 2.24) is 0 Å². The van der Waals surface area contributed by atoms with Crippen molar-refractivity contribution in [2.24, 2.45) is 0 Å². The Hall–Kier alpha value is -2.25. The molecule has 0 aromatic heterocycles. The number of nitriles is 1. The molecule has 0 unspecified atom stereocenters. The van der Waals surface area contributed by atoms with Crippen LogP contribution >= 0.6 is 11.8 Å². The van der Waals surface area contributed by atoms with E-state index in [4.69, 9.17) is 5.26 Å². The Kier molecular flexibility index (Phi) is 5.02. The van der Waals surface area contributed by atoms with E-state index in [1.807, 2.05) is 25.1 Å². The third-order valence-electron chi connectivity index (χ3n) is 2.99. The van der Waals surface area contributed by atoms with Gasteiger partial charge < -0.3 is 5.32 Å². The number of hydrogen-bond acceptors (Lipinski definition) is 3. The summed E-state index contributed by atoms with van der Waals surface area (Å²) in [5.41, 5.74) is 3.70. The van der Waals surface area contributed by atoms with Gasteiger partial charge >= 0.3 is 0 Å². The van der Waals surface area contributed by atoms with Crippen LogP contribution in [0.3, 0.4) is 0 Å². The van der Waals surface area contributed by atoms with Crippen LogP contribution < -0.4 is 5.32 Å². The molecule has 1 amide bonds. The first-order valence-corrected chi connectivity index (χ1v) is 7.57. The first-order chi connectivity index (χ1) is 10.1. The molecule has 3 nitrogen and oxygen atoms in total. The van der Waals surface area contributed by atoms with Crippen LogP contribution in [0.4, 0.5) is 5.69 Å². The summed E-state index contributed by atoms with van der Waals surface area (Å²) < 4.78 is 0. The molecule has 0 bridgehead atoms. The standard InChI is InChI=1S/C17H16N2OS/c1-12-3-8-16(13(2)9-12)21-11-17(20)19-15-6-4-14(10-18)5-7-15/h3-9H,11H2,1-2H3,(H,19,20). The Bertz CT molecular complexity index is 687.